The number of hydrogen-bond acceptors (Lipinski definition) is 2. The second kappa shape index (κ2) is 9.04. The Balaban J connectivity index is 1.96. The second-order valence-corrected chi connectivity index (χ2v) is 5.46. The Labute approximate surface area is 133 Å². The first-order chi connectivity index (χ1) is 10.8. The van der Waals surface area contributed by atoms with E-state index in [0.717, 1.165) is 24.0 Å². The van der Waals surface area contributed by atoms with Crippen molar-refractivity contribution in [1.82, 2.24) is 0 Å². The molecule has 0 aromatic heterocycles. The van der Waals surface area contributed by atoms with Crippen LogP contribution in [0.5, 0.6) is 0 Å². The molecule has 0 amide bonds. The smallest absolute Gasteiger partial charge is 0.338 e. The number of carbonyl (C=O) groups excluding carboxylic acids is 1. The maximum absolute atomic E-state index is 12.3. The average molecular weight is 296 g/mol. The lowest BCUT2D eigenvalue weighted by molar-refractivity contribution is 0.0498. The molecule has 0 N–H and O–H groups in total. The van der Waals surface area contributed by atoms with Crippen LogP contribution >= 0.6 is 0 Å². The van der Waals surface area contributed by atoms with Gasteiger partial charge in [-0.15, -0.1) is 0 Å². The van der Waals surface area contributed by atoms with Gasteiger partial charge in [0.05, 0.1) is 12.2 Å². The van der Waals surface area contributed by atoms with Gasteiger partial charge in [0.2, 0.25) is 0 Å². The molecule has 0 radical (unpaired) electrons. The van der Waals surface area contributed by atoms with Crippen LogP contribution in [0.25, 0.3) is 11.1 Å². The summed E-state index contributed by atoms with van der Waals surface area (Å²) in [5.74, 6) is -0.227. The lowest BCUT2D eigenvalue weighted by Gasteiger charge is -2.10. The number of esters is 1. The van der Waals surface area contributed by atoms with Crippen molar-refractivity contribution in [2.75, 3.05) is 6.61 Å². The van der Waals surface area contributed by atoms with E-state index in [1.807, 2.05) is 54.6 Å². The van der Waals surface area contributed by atoms with Crippen molar-refractivity contribution in [3.8, 4) is 11.1 Å². The minimum absolute atomic E-state index is 0.227. The van der Waals surface area contributed by atoms with E-state index in [1.54, 1.807) is 0 Å². The zero-order valence-electron chi connectivity index (χ0n) is 13.3. The molecule has 2 aromatic rings. The Morgan fingerprint density at radius 3 is 2.32 bits per heavy atom. The summed E-state index contributed by atoms with van der Waals surface area (Å²) in [4.78, 5) is 12.3. The van der Waals surface area contributed by atoms with Crippen LogP contribution in [0.1, 0.15) is 49.4 Å². The predicted octanol–water partition coefficient (Wildman–Crippen LogP) is 5.48. The molecule has 0 atom stereocenters. The van der Waals surface area contributed by atoms with Gasteiger partial charge in [-0.1, -0.05) is 81.1 Å². The summed E-state index contributed by atoms with van der Waals surface area (Å²) in [6, 6.07) is 17.6. The molecule has 2 rings (SSSR count). The van der Waals surface area contributed by atoms with Crippen molar-refractivity contribution in [2.45, 2.75) is 39.0 Å². The Kier molecular flexibility index (Phi) is 6.69. The van der Waals surface area contributed by atoms with E-state index in [-0.39, 0.29) is 5.97 Å². The van der Waals surface area contributed by atoms with Crippen LogP contribution in [0.15, 0.2) is 54.6 Å². The molecule has 2 nitrogen and oxygen atoms in total. The molecule has 0 spiro atoms. The first kappa shape index (κ1) is 16.3. The number of ether oxygens (including phenoxy) is 1. The molecule has 116 valence electrons. The summed E-state index contributed by atoms with van der Waals surface area (Å²) in [5.41, 5.74) is 2.61. The van der Waals surface area contributed by atoms with E-state index in [4.69, 9.17) is 4.74 Å². The van der Waals surface area contributed by atoms with E-state index in [9.17, 15) is 4.79 Å². The quantitative estimate of drug-likeness (QED) is 0.476. The fraction of sp³-hybridized carbons (Fsp3) is 0.350. The molecule has 2 heteroatoms. The summed E-state index contributed by atoms with van der Waals surface area (Å²) >= 11 is 0. The summed E-state index contributed by atoms with van der Waals surface area (Å²) in [6.07, 6.45) is 5.77. The van der Waals surface area contributed by atoms with Crippen molar-refractivity contribution >= 4 is 5.97 Å². The molecule has 0 aliphatic heterocycles. The Morgan fingerprint density at radius 2 is 1.55 bits per heavy atom. The van der Waals surface area contributed by atoms with Gasteiger partial charge in [-0.2, -0.15) is 0 Å². The van der Waals surface area contributed by atoms with Gasteiger partial charge >= 0.3 is 5.97 Å². The summed E-state index contributed by atoms with van der Waals surface area (Å²) in [7, 11) is 0. The Bertz CT molecular complexity index is 575. The molecule has 0 saturated heterocycles. The van der Waals surface area contributed by atoms with Crippen molar-refractivity contribution < 1.29 is 9.53 Å². The molecule has 2 aromatic carbocycles. The molecule has 0 aliphatic carbocycles. The summed E-state index contributed by atoms with van der Waals surface area (Å²) in [5, 5.41) is 0. The summed E-state index contributed by atoms with van der Waals surface area (Å²) in [6.45, 7) is 2.70. The SMILES string of the molecule is CCCCCCCOC(=O)c1ccccc1-c1ccccc1. The zero-order chi connectivity index (χ0) is 15.6. The number of carbonyl (C=O) groups is 1. The molecular weight excluding hydrogens is 272 g/mol. The first-order valence-electron chi connectivity index (χ1n) is 8.14. The van der Waals surface area contributed by atoms with E-state index in [1.165, 1.54) is 19.3 Å². The van der Waals surface area contributed by atoms with Gasteiger partial charge in [-0.3, -0.25) is 0 Å². The van der Waals surface area contributed by atoms with Crippen LogP contribution in [0.4, 0.5) is 0 Å². The molecule has 0 bridgehead atoms. The first-order valence-corrected chi connectivity index (χ1v) is 8.14. The normalized spacial score (nSPS) is 10.4. The number of hydrogen-bond donors (Lipinski definition) is 0. The van der Waals surface area contributed by atoms with E-state index in [0.29, 0.717) is 12.2 Å². The molecule has 0 saturated carbocycles. The lowest BCUT2D eigenvalue weighted by atomic mass is 10.00. The Hall–Kier alpha value is -2.09. The molecule has 0 aliphatic rings. The monoisotopic (exact) mass is 296 g/mol. The predicted molar refractivity (Wildman–Crippen MR) is 90.9 cm³/mol. The highest BCUT2D eigenvalue weighted by Gasteiger charge is 2.13. The van der Waals surface area contributed by atoms with Gasteiger partial charge < -0.3 is 4.74 Å². The molecule has 0 heterocycles. The van der Waals surface area contributed by atoms with Gasteiger partial charge in [-0.25, -0.2) is 4.79 Å². The lowest BCUT2D eigenvalue weighted by Crippen LogP contribution is -2.08. The number of unbranched alkanes of at least 4 members (excludes halogenated alkanes) is 4. The van der Waals surface area contributed by atoms with Crippen molar-refractivity contribution in [1.29, 1.82) is 0 Å². The third-order valence-electron chi connectivity index (χ3n) is 3.71. The topological polar surface area (TPSA) is 26.3 Å². The number of benzene rings is 2. The molecule has 22 heavy (non-hydrogen) atoms. The van der Waals surface area contributed by atoms with Crippen LogP contribution in [-0.2, 0) is 4.74 Å². The maximum atomic E-state index is 12.3. The molecule has 0 unspecified atom stereocenters. The van der Waals surface area contributed by atoms with Gasteiger partial charge in [-0.05, 0) is 23.6 Å². The highest BCUT2D eigenvalue weighted by molar-refractivity contribution is 5.97. The van der Waals surface area contributed by atoms with Crippen molar-refractivity contribution in [2.24, 2.45) is 0 Å². The van der Waals surface area contributed by atoms with Gasteiger partial charge in [0.1, 0.15) is 0 Å². The van der Waals surface area contributed by atoms with Gasteiger partial charge in [0.25, 0.3) is 0 Å². The minimum Gasteiger partial charge on any atom is -0.462 e. The fourth-order valence-corrected chi connectivity index (χ4v) is 2.48. The second-order valence-electron chi connectivity index (χ2n) is 5.46. The third-order valence-corrected chi connectivity index (χ3v) is 3.71. The van der Waals surface area contributed by atoms with Crippen molar-refractivity contribution in [3.05, 3.63) is 60.2 Å². The van der Waals surface area contributed by atoms with E-state index < -0.39 is 0 Å². The Morgan fingerprint density at radius 1 is 0.864 bits per heavy atom. The van der Waals surface area contributed by atoms with Crippen LogP contribution < -0.4 is 0 Å². The molecular formula is C20H24O2. The molecule has 0 fully saturated rings. The fourth-order valence-electron chi connectivity index (χ4n) is 2.48. The van der Waals surface area contributed by atoms with Crippen LogP contribution in [0.3, 0.4) is 0 Å². The zero-order valence-corrected chi connectivity index (χ0v) is 13.3. The number of rotatable bonds is 8. The highest BCUT2D eigenvalue weighted by Crippen LogP contribution is 2.24. The summed E-state index contributed by atoms with van der Waals surface area (Å²) < 4.78 is 5.43. The van der Waals surface area contributed by atoms with Gasteiger partial charge in [0.15, 0.2) is 0 Å². The third kappa shape index (κ3) is 4.73. The standard InChI is InChI=1S/C20H24O2/c1-2-3-4-5-11-16-22-20(21)19-15-10-9-14-18(19)17-12-7-6-8-13-17/h6-10,12-15H,2-5,11,16H2,1H3. The van der Waals surface area contributed by atoms with Crippen molar-refractivity contribution in [3.63, 3.8) is 0 Å². The highest BCUT2D eigenvalue weighted by atomic mass is 16.5. The van der Waals surface area contributed by atoms with E-state index in [2.05, 4.69) is 6.92 Å². The largest absolute Gasteiger partial charge is 0.462 e. The van der Waals surface area contributed by atoms with Crippen LogP contribution in [-0.4, -0.2) is 12.6 Å². The minimum atomic E-state index is -0.227. The van der Waals surface area contributed by atoms with Crippen LogP contribution in [0, 0.1) is 0 Å². The van der Waals surface area contributed by atoms with Gasteiger partial charge in [0, 0.05) is 0 Å². The van der Waals surface area contributed by atoms with Crippen LogP contribution in [0.2, 0.25) is 0 Å². The maximum Gasteiger partial charge on any atom is 0.338 e. The average Bonchev–Trinajstić information content (AvgIpc) is 2.58. The van der Waals surface area contributed by atoms with E-state index >= 15 is 0 Å².